The van der Waals surface area contributed by atoms with Gasteiger partial charge in [-0.2, -0.15) is 0 Å². The van der Waals surface area contributed by atoms with Crippen molar-refractivity contribution in [3.63, 3.8) is 0 Å². The molecule has 0 heterocycles. The van der Waals surface area contributed by atoms with Crippen molar-refractivity contribution >= 4 is 23.6 Å². The average Bonchev–Trinajstić information content (AvgIpc) is 0.820. The van der Waals surface area contributed by atoms with Crippen LogP contribution in [0.3, 0.4) is 0 Å². The number of unbranched alkanes of at least 4 members (excludes halogenated alkanes) is 62. The summed E-state index contributed by atoms with van der Waals surface area (Å²) >= 11 is 0. The number of hydrogen-bond acceptors (Lipinski definition) is 10. The Morgan fingerprint density at radius 2 is 0.402 bits per heavy atom. The van der Waals surface area contributed by atoms with Gasteiger partial charge in [-0.25, -0.2) is 0 Å². The maximum atomic E-state index is 13.9. The first-order valence-corrected chi connectivity index (χ1v) is 52.4. The molecule has 122 heavy (non-hydrogen) atoms. The van der Waals surface area contributed by atoms with Gasteiger partial charge >= 0.3 is 0 Å². The second-order valence-corrected chi connectivity index (χ2v) is 35.4. The van der Waals surface area contributed by atoms with Gasteiger partial charge in [0.2, 0.25) is 23.3 Å². The summed E-state index contributed by atoms with van der Waals surface area (Å²) in [5.74, 6) is 15.5. The fourth-order valence-corrected chi connectivity index (χ4v) is 15.8. The summed E-state index contributed by atoms with van der Waals surface area (Å²) in [6, 6.07) is 7.32. The van der Waals surface area contributed by atoms with E-state index in [0.717, 1.165) is 141 Å². The Labute approximate surface area is 751 Å². The van der Waals surface area contributed by atoms with E-state index in [0.29, 0.717) is 124 Å². The smallest absolute Gasteiger partial charge is 0.251 e. The van der Waals surface area contributed by atoms with Crippen LogP contribution in [0.5, 0.6) is 34.5 Å². The van der Waals surface area contributed by atoms with Crippen molar-refractivity contribution in [3.05, 3.63) is 35.4 Å². The molecule has 0 aliphatic rings. The summed E-state index contributed by atoms with van der Waals surface area (Å²) in [5.41, 5.74) is 0.942. The zero-order valence-electron chi connectivity index (χ0n) is 80.4. The second kappa shape index (κ2) is 88.7. The molecule has 0 radical (unpaired) electrons. The van der Waals surface area contributed by atoms with Crippen LogP contribution in [-0.4, -0.2) is 89.4 Å². The highest BCUT2D eigenvalue weighted by Gasteiger charge is 2.22. The zero-order valence-corrected chi connectivity index (χ0v) is 80.4. The summed E-state index contributed by atoms with van der Waals surface area (Å²) in [6.07, 6.45) is 84.7. The molecule has 2 rings (SSSR count). The quantitative estimate of drug-likeness (QED) is 0.0369. The highest BCUT2D eigenvalue weighted by molar-refractivity contribution is 5.96. The average molecular weight is 1700 g/mol. The summed E-state index contributed by atoms with van der Waals surface area (Å²) in [5, 5.41) is 12.1. The molecule has 2 aromatic rings. The van der Waals surface area contributed by atoms with E-state index in [1.165, 1.54) is 308 Å². The Morgan fingerprint density at radius 3 is 0.623 bits per heavy atom. The Kier molecular flexibility index (Phi) is 81.6. The number of carbonyl (C=O) groups excluding carboxylic acids is 4. The van der Waals surface area contributed by atoms with Crippen molar-refractivity contribution in [1.29, 1.82) is 0 Å². The Morgan fingerprint density at radius 1 is 0.221 bits per heavy atom. The highest BCUT2D eigenvalue weighted by atomic mass is 16.5. The van der Waals surface area contributed by atoms with E-state index in [2.05, 4.69) is 86.5 Å². The molecular formula is C108H190N4O10. The number of nitrogens with one attached hydrogen (secondary N) is 4. The third-order valence-electron chi connectivity index (χ3n) is 23.7. The van der Waals surface area contributed by atoms with Crippen LogP contribution in [0.15, 0.2) is 24.3 Å². The first-order valence-electron chi connectivity index (χ1n) is 52.4. The van der Waals surface area contributed by atoms with Crippen molar-refractivity contribution in [1.82, 2.24) is 21.3 Å². The fraction of sp³-hybridized carbons (Fsp3) is 0.815. The molecule has 0 saturated heterocycles. The lowest BCUT2D eigenvalue weighted by molar-refractivity contribution is -0.122. The topological polar surface area (TPSA) is 172 Å². The maximum Gasteiger partial charge on any atom is 0.251 e. The number of carbonyl (C=O) groups is 4. The van der Waals surface area contributed by atoms with Crippen molar-refractivity contribution in [2.75, 3.05) is 65.8 Å². The van der Waals surface area contributed by atoms with Gasteiger partial charge in [0.15, 0.2) is 23.0 Å². The van der Waals surface area contributed by atoms with Crippen molar-refractivity contribution in [2.45, 2.75) is 504 Å². The molecule has 0 aromatic heterocycles. The van der Waals surface area contributed by atoms with Crippen molar-refractivity contribution in [2.24, 2.45) is 0 Å². The van der Waals surface area contributed by atoms with Gasteiger partial charge in [0.1, 0.15) is 0 Å². The van der Waals surface area contributed by atoms with Crippen molar-refractivity contribution in [3.8, 4) is 58.2 Å². The van der Waals surface area contributed by atoms with Gasteiger partial charge in [0.25, 0.3) is 11.8 Å². The van der Waals surface area contributed by atoms with Gasteiger partial charge in [-0.15, -0.1) is 0 Å². The minimum atomic E-state index is -0.228. The van der Waals surface area contributed by atoms with Crippen molar-refractivity contribution < 1.29 is 47.6 Å². The van der Waals surface area contributed by atoms with Crippen LogP contribution in [-0.2, 0) is 9.59 Å². The first kappa shape index (κ1) is 112. The van der Waals surface area contributed by atoms with Crippen LogP contribution in [0.25, 0.3) is 0 Å². The standard InChI is InChI=1S/C108H190N4O10/c1-7-13-19-25-31-37-51-59-67-75-87-117-99-93-97(94-100(118-88-76-68-60-52-38-32-26-20-14-8-2)105(99)121-91-79-71-63-55-41-35-29-23-17-11-5)107(115)111-85-83-109-103(113)81-73-65-57-49-47-45-43-44-46-48-50-58-66-74-82-104(114)110-84-86-112-108(116)98-95-101(119-89-77-69-61-53-39-33-27-21-15-9-3)106(122-92-80-72-64-56-42-36-30-24-18-12-6)102(96-98)120-90-78-70-62-54-40-34-28-22-16-10-4/h93-96H,7-42,47-92H2,1-6H3,(H,109,113)(H,110,114)(H,111,115)(H,112,116). The molecule has 14 nitrogen and oxygen atoms in total. The lowest BCUT2D eigenvalue weighted by Gasteiger charge is -2.19. The van der Waals surface area contributed by atoms with Gasteiger partial charge in [-0.3, -0.25) is 19.2 Å². The third-order valence-corrected chi connectivity index (χ3v) is 23.7. The van der Waals surface area contributed by atoms with E-state index < -0.39 is 0 Å². The normalized spacial score (nSPS) is 11.1. The summed E-state index contributed by atoms with van der Waals surface area (Å²) in [7, 11) is 0. The molecule has 0 aliphatic carbocycles. The number of amides is 4. The van der Waals surface area contributed by atoms with Crippen LogP contribution in [0.1, 0.15) is 525 Å². The number of hydrogen-bond donors (Lipinski definition) is 4. The molecule has 0 unspecified atom stereocenters. The van der Waals surface area contributed by atoms with Crippen LogP contribution in [0.4, 0.5) is 0 Å². The molecule has 2 aromatic carbocycles. The van der Waals surface area contributed by atoms with Crippen LogP contribution >= 0.6 is 0 Å². The van der Waals surface area contributed by atoms with Crippen LogP contribution in [0, 0.1) is 23.7 Å². The molecule has 702 valence electrons. The van der Waals surface area contributed by atoms with Gasteiger partial charge in [0.05, 0.1) is 39.6 Å². The third kappa shape index (κ3) is 69.4. The van der Waals surface area contributed by atoms with E-state index in [1.807, 2.05) is 24.3 Å². The summed E-state index contributed by atoms with van der Waals surface area (Å²) in [4.78, 5) is 53.6. The summed E-state index contributed by atoms with van der Waals surface area (Å²) in [6.45, 7) is 18.3. The van der Waals surface area contributed by atoms with E-state index >= 15 is 0 Å². The first-order chi connectivity index (χ1) is 60.2. The lowest BCUT2D eigenvalue weighted by Crippen LogP contribution is -2.34. The summed E-state index contributed by atoms with van der Waals surface area (Å²) < 4.78 is 39.4. The fourth-order valence-electron chi connectivity index (χ4n) is 15.8. The number of ether oxygens (including phenoxy) is 6. The molecule has 0 atom stereocenters. The maximum absolute atomic E-state index is 13.9. The van der Waals surface area contributed by atoms with Gasteiger partial charge in [-0.1, -0.05) is 426 Å². The molecule has 14 heteroatoms. The predicted octanol–water partition coefficient (Wildman–Crippen LogP) is 30.6. The molecule has 0 bridgehead atoms. The Hall–Kier alpha value is -5.76. The molecule has 0 aliphatic heterocycles. The Bertz CT molecular complexity index is 2570. The molecule has 4 amide bonds. The molecular weight excluding hydrogens is 1510 g/mol. The molecule has 4 N–H and O–H groups in total. The van der Waals surface area contributed by atoms with Gasteiger partial charge < -0.3 is 49.7 Å². The molecule has 0 saturated carbocycles. The van der Waals surface area contributed by atoms with Crippen LogP contribution in [0.2, 0.25) is 0 Å². The molecule has 0 spiro atoms. The minimum Gasteiger partial charge on any atom is -0.490 e. The number of rotatable bonds is 92. The number of benzene rings is 2. The zero-order chi connectivity index (χ0) is 87.6. The van der Waals surface area contributed by atoms with E-state index in [1.54, 1.807) is 0 Å². The monoisotopic (exact) mass is 1700 g/mol. The highest BCUT2D eigenvalue weighted by Crippen LogP contribution is 2.42. The minimum absolute atomic E-state index is 0.00871. The largest absolute Gasteiger partial charge is 0.490 e. The SMILES string of the molecule is CCCCCCCCCCCCOc1cc(C(=O)NCCNC(=O)CCCCCCC#CC#CCCCCCCC(=O)NCCNC(=O)c2cc(OCCCCCCCCCCCC)c(OCCCCCCCCCCCC)c(OCCCCCCCCCCCC)c2)cc(OCCCCCCCCCCCC)c1OCCCCCCCCCCCC. The second-order valence-electron chi connectivity index (χ2n) is 35.4. The molecule has 0 fully saturated rings. The van der Waals surface area contributed by atoms with Crippen LogP contribution < -0.4 is 49.7 Å². The van der Waals surface area contributed by atoms with E-state index in [4.69, 9.17) is 28.4 Å². The van der Waals surface area contributed by atoms with Gasteiger partial charge in [-0.05, 0) is 100 Å². The Balaban J connectivity index is 1.85. The van der Waals surface area contributed by atoms with E-state index in [-0.39, 0.29) is 23.6 Å². The van der Waals surface area contributed by atoms with E-state index in [9.17, 15) is 19.2 Å². The van der Waals surface area contributed by atoms with Gasteiger partial charge in [0, 0.05) is 63.0 Å². The lowest BCUT2D eigenvalue weighted by atomic mass is 10.1. The predicted molar refractivity (Wildman–Crippen MR) is 519 cm³/mol.